The van der Waals surface area contributed by atoms with Crippen molar-refractivity contribution in [1.82, 2.24) is 15.5 Å². The van der Waals surface area contributed by atoms with Gasteiger partial charge in [0.1, 0.15) is 5.75 Å². The van der Waals surface area contributed by atoms with Crippen LogP contribution in [0.15, 0.2) is 24.3 Å². The van der Waals surface area contributed by atoms with Crippen molar-refractivity contribution in [2.24, 2.45) is 5.92 Å². The highest BCUT2D eigenvalue weighted by molar-refractivity contribution is 5.98. The predicted molar refractivity (Wildman–Crippen MR) is 109 cm³/mol. The molecular formula is C21H33N3O4. The Morgan fingerprint density at radius 1 is 1.18 bits per heavy atom. The molecule has 1 unspecified atom stereocenters. The third kappa shape index (κ3) is 7.13. The van der Waals surface area contributed by atoms with Crippen molar-refractivity contribution in [2.75, 3.05) is 46.0 Å². The van der Waals surface area contributed by atoms with E-state index in [0.29, 0.717) is 30.4 Å². The highest BCUT2D eigenvalue weighted by Crippen LogP contribution is 2.17. The number of hydrogen-bond donors (Lipinski definition) is 2. The van der Waals surface area contributed by atoms with E-state index in [4.69, 9.17) is 9.47 Å². The summed E-state index contributed by atoms with van der Waals surface area (Å²) in [6.45, 7) is 10.5. The first-order valence-electron chi connectivity index (χ1n) is 10.1. The van der Waals surface area contributed by atoms with Crippen LogP contribution in [0.5, 0.6) is 5.75 Å². The van der Waals surface area contributed by atoms with Crippen molar-refractivity contribution in [1.29, 1.82) is 0 Å². The summed E-state index contributed by atoms with van der Waals surface area (Å²) in [4.78, 5) is 27.0. The van der Waals surface area contributed by atoms with Crippen LogP contribution >= 0.6 is 0 Å². The van der Waals surface area contributed by atoms with Gasteiger partial charge in [0.25, 0.3) is 5.91 Å². The molecule has 0 bridgehead atoms. The van der Waals surface area contributed by atoms with E-state index in [1.807, 2.05) is 13.0 Å². The van der Waals surface area contributed by atoms with Gasteiger partial charge in [-0.3, -0.25) is 14.5 Å². The molecule has 0 radical (unpaired) electrons. The van der Waals surface area contributed by atoms with Crippen molar-refractivity contribution in [2.45, 2.75) is 33.2 Å². The van der Waals surface area contributed by atoms with Gasteiger partial charge in [0.15, 0.2) is 0 Å². The van der Waals surface area contributed by atoms with Crippen LogP contribution < -0.4 is 15.4 Å². The van der Waals surface area contributed by atoms with E-state index in [1.54, 1.807) is 18.2 Å². The molecule has 156 valence electrons. The first kappa shape index (κ1) is 22.2. The fourth-order valence-electron chi connectivity index (χ4n) is 3.33. The lowest BCUT2D eigenvalue weighted by molar-refractivity contribution is -0.120. The maximum absolute atomic E-state index is 12.4. The molecule has 7 nitrogen and oxygen atoms in total. The van der Waals surface area contributed by atoms with E-state index in [9.17, 15) is 9.59 Å². The Bertz CT molecular complexity index is 630. The Morgan fingerprint density at radius 3 is 2.57 bits per heavy atom. The zero-order valence-electron chi connectivity index (χ0n) is 17.2. The molecule has 1 saturated heterocycles. The van der Waals surface area contributed by atoms with E-state index in [2.05, 4.69) is 29.4 Å². The van der Waals surface area contributed by atoms with E-state index in [0.717, 1.165) is 32.7 Å². The number of carbonyl (C=O) groups excluding carboxylic acids is 2. The zero-order chi connectivity index (χ0) is 20.4. The highest BCUT2D eigenvalue weighted by atomic mass is 16.5. The Morgan fingerprint density at radius 2 is 1.89 bits per heavy atom. The molecule has 2 rings (SSSR count). The van der Waals surface area contributed by atoms with Crippen molar-refractivity contribution in [3.63, 3.8) is 0 Å². The summed E-state index contributed by atoms with van der Waals surface area (Å²) in [6.07, 6.45) is 1.01. The third-order valence-electron chi connectivity index (χ3n) is 4.68. The number of hydrogen-bond acceptors (Lipinski definition) is 5. The van der Waals surface area contributed by atoms with Crippen molar-refractivity contribution in [3.05, 3.63) is 29.8 Å². The monoisotopic (exact) mass is 391 g/mol. The van der Waals surface area contributed by atoms with Crippen molar-refractivity contribution < 1.29 is 19.1 Å². The SMILES string of the molecule is CCOc1ccccc1C(=O)NCC(=O)NCC(CC(C)C)N1CCOCC1. The van der Waals surface area contributed by atoms with Gasteiger partial charge < -0.3 is 20.1 Å². The van der Waals surface area contributed by atoms with Gasteiger partial charge in [-0.25, -0.2) is 0 Å². The molecule has 7 heteroatoms. The fourth-order valence-corrected chi connectivity index (χ4v) is 3.33. The maximum Gasteiger partial charge on any atom is 0.255 e. The number of nitrogens with one attached hydrogen (secondary N) is 2. The minimum atomic E-state index is -0.314. The molecule has 1 atom stereocenters. The largest absolute Gasteiger partial charge is 0.493 e. The molecule has 0 spiro atoms. The minimum Gasteiger partial charge on any atom is -0.493 e. The average molecular weight is 392 g/mol. The van der Waals surface area contributed by atoms with Crippen LogP contribution in [0.3, 0.4) is 0 Å². The lowest BCUT2D eigenvalue weighted by atomic mass is 10.0. The Balaban J connectivity index is 1.82. The molecule has 1 aliphatic heterocycles. The van der Waals surface area contributed by atoms with E-state index in [1.165, 1.54) is 0 Å². The summed E-state index contributed by atoms with van der Waals surface area (Å²) in [5, 5.41) is 5.64. The standard InChI is InChI=1S/C21H33N3O4/c1-4-28-19-8-6-5-7-18(19)21(26)23-15-20(25)22-14-17(13-16(2)3)24-9-11-27-12-10-24/h5-8,16-17H,4,9-15H2,1-3H3,(H,22,25)(H,23,26). The summed E-state index contributed by atoms with van der Waals surface area (Å²) in [6, 6.07) is 7.31. The average Bonchev–Trinajstić information content (AvgIpc) is 2.70. The number of morpholine rings is 1. The number of ether oxygens (including phenoxy) is 2. The van der Waals surface area contributed by atoms with Gasteiger partial charge in [-0.1, -0.05) is 26.0 Å². The Labute approximate surface area is 167 Å². The predicted octanol–water partition coefficient (Wildman–Crippen LogP) is 1.68. The van der Waals surface area contributed by atoms with Crippen LogP contribution in [0.25, 0.3) is 0 Å². The molecular weight excluding hydrogens is 358 g/mol. The van der Waals surface area contributed by atoms with Gasteiger partial charge in [0, 0.05) is 25.7 Å². The zero-order valence-corrected chi connectivity index (χ0v) is 17.2. The summed E-state index contributed by atoms with van der Waals surface area (Å²) in [7, 11) is 0. The summed E-state index contributed by atoms with van der Waals surface area (Å²) in [5.74, 6) is 0.558. The van der Waals surface area contributed by atoms with Crippen molar-refractivity contribution >= 4 is 11.8 Å². The van der Waals surface area contributed by atoms with Gasteiger partial charge in [0.2, 0.25) is 5.91 Å². The molecule has 0 saturated carbocycles. The number of nitrogens with zero attached hydrogens (tertiary/aromatic N) is 1. The lowest BCUT2D eigenvalue weighted by Gasteiger charge is -2.35. The summed E-state index contributed by atoms with van der Waals surface area (Å²) >= 11 is 0. The highest BCUT2D eigenvalue weighted by Gasteiger charge is 2.22. The van der Waals surface area contributed by atoms with Gasteiger partial charge in [-0.05, 0) is 31.4 Å². The maximum atomic E-state index is 12.4. The van der Waals surface area contributed by atoms with Crippen LogP contribution in [0.1, 0.15) is 37.6 Å². The van der Waals surface area contributed by atoms with Crippen LogP contribution in [0, 0.1) is 5.92 Å². The van der Waals surface area contributed by atoms with E-state index in [-0.39, 0.29) is 24.4 Å². The fraction of sp³-hybridized carbons (Fsp3) is 0.619. The Hall–Kier alpha value is -2.12. The second-order valence-electron chi connectivity index (χ2n) is 7.35. The summed E-state index contributed by atoms with van der Waals surface area (Å²) in [5.41, 5.74) is 0.433. The first-order chi connectivity index (χ1) is 13.5. The number of para-hydroxylation sites is 1. The second kappa shape index (κ2) is 11.7. The minimum absolute atomic E-state index is 0.0587. The number of amides is 2. The van der Waals surface area contributed by atoms with Crippen LogP contribution in [-0.2, 0) is 9.53 Å². The molecule has 1 fully saturated rings. The van der Waals surface area contributed by atoms with Gasteiger partial charge in [-0.2, -0.15) is 0 Å². The molecule has 0 aromatic heterocycles. The second-order valence-corrected chi connectivity index (χ2v) is 7.35. The molecule has 28 heavy (non-hydrogen) atoms. The molecule has 1 aliphatic rings. The molecule has 1 aromatic carbocycles. The molecule has 1 heterocycles. The van der Waals surface area contributed by atoms with Gasteiger partial charge in [-0.15, -0.1) is 0 Å². The normalized spacial score (nSPS) is 15.9. The number of rotatable bonds is 10. The van der Waals surface area contributed by atoms with Gasteiger partial charge >= 0.3 is 0 Å². The topological polar surface area (TPSA) is 79.9 Å². The Kier molecular flexibility index (Phi) is 9.23. The van der Waals surface area contributed by atoms with E-state index < -0.39 is 0 Å². The lowest BCUT2D eigenvalue weighted by Crippen LogP contribution is -2.50. The molecule has 2 amide bonds. The smallest absolute Gasteiger partial charge is 0.255 e. The van der Waals surface area contributed by atoms with E-state index >= 15 is 0 Å². The molecule has 1 aromatic rings. The van der Waals surface area contributed by atoms with Crippen LogP contribution in [0.4, 0.5) is 0 Å². The molecule has 0 aliphatic carbocycles. The number of carbonyl (C=O) groups is 2. The first-order valence-corrected chi connectivity index (χ1v) is 10.1. The summed E-state index contributed by atoms with van der Waals surface area (Å²) < 4.78 is 10.9. The van der Waals surface area contributed by atoms with Crippen LogP contribution in [-0.4, -0.2) is 68.8 Å². The van der Waals surface area contributed by atoms with Crippen molar-refractivity contribution in [3.8, 4) is 5.75 Å². The molecule has 2 N–H and O–H groups in total. The van der Waals surface area contributed by atoms with Crippen LogP contribution in [0.2, 0.25) is 0 Å². The third-order valence-corrected chi connectivity index (χ3v) is 4.68. The number of benzene rings is 1. The quantitative estimate of drug-likeness (QED) is 0.634. The van der Waals surface area contributed by atoms with Gasteiger partial charge in [0.05, 0.1) is 31.9 Å².